The average Bonchev–Trinajstić information content (AvgIpc) is 2.39. The maximum absolute atomic E-state index is 13.7. The maximum atomic E-state index is 13.7. The average molecular weight is 257 g/mol. The number of rotatable bonds is 3. The Bertz CT molecular complexity index is 632. The molecule has 96 valence electrons. The highest BCUT2D eigenvalue weighted by Gasteiger charge is 2.16. The SMILES string of the molecule is CC(O)c1c(F)cccc1Oc1ccccc1C#N. The Labute approximate surface area is 110 Å². The van der Waals surface area contributed by atoms with Crippen molar-refractivity contribution in [1.82, 2.24) is 0 Å². The largest absolute Gasteiger partial charge is 0.455 e. The minimum absolute atomic E-state index is 0.0789. The first-order chi connectivity index (χ1) is 9.13. The number of hydrogen-bond acceptors (Lipinski definition) is 3. The highest BCUT2D eigenvalue weighted by molar-refractivity contribution is 5.47. The molecule has 0 spiro atoms. The number of hydrogen-bond donors (Lipinski definition) is 1. The lowest BCUT2D eigenvalue weighted by Crippen LogP contribution is -2.00. The van der Waals surface area contributed by atoms with Crippen molar-refractivity contribution in [1.29, 1.82) is 5.26 Å². The van der Waals surface area contributed by atoms with Crippen LogP contribution >= 0.6 is 0 Å². The number of nitrogens with zero attached hydrogens (tertiary/aromatic N) is 1. The molecule has 3 nitrogen and oxygen atoms in total. The molecule has 0 bridgehead atoms. The molecule has 19 heavy (non-hydrogen) atoms. The van der Waals surface area contributed by atoms with Crippen LogP contribution in [0.15, 0.2) is 42.5 Å². The van der Waals surface area contributed by atoms with Gasteiger partial charge >= 0.3 is 0 Å². The van der Waals surface area contributed by atoms with Crippen molar-refractivity contribution in [2.24, 2.45) is 0 Å². The van der Waals surface area contributed by atoms with Crippen molar-refractivity contribution in [3.63, 3.8) is 0 Å². The van der Waals surface area contributed by atoms with Crippen molar-refractivity contribution in [3.8, 4) is 17.6 Å². The first-order valence-corrected chi connectivity index (χ1v) is 5.77. The number of ether oxygens (including phenoxy) is 1. The van der Waals surface area contributed by atoms with Gasteiger partial charge in [-0.05, 0) is 31.2 Å². The van der Waals surface area contributed by atoms with Crippen LogP contribution in [0.25, 0.3) is 0 Å². The first-order valence-electron chi connectivity index (χ1n) is 5.77. The fourth-order valence-corrected chi connectivity index (χ4v) is 1.78. The number of aliphatic hydroxyl groups excluding tert-OH is 1. The molecule has 1 unspecified atom stereocenters. The van der Waals surface area contributed by atoms with Gasteiger partial charge in [-0.2, -0.15) is 5.26 Å². The smallest absolute Gasteiger partial charge is 0.145 e. The standard InChI is InChI=1S/C15H12FNO2/c1-10(18)15-12(16)6-4-8-14(15)19-13-7-3-2-5-11(13)9-17/h2-8,10,18H,1H3. The predicted molar refractivity (Wildman–Crippen MR) is 68.3 cm³/mol. The summed E-state index contributed by atoms with van der Waals surface area (Å²) in [6, 6.07) is 13.0. The molecule has 0 aliphatic rings. The Hall–Kier alpha value is -2.38. The molecule has 0 amide bonds. The van der Waals surface area contributed by atoms with Crippen LogP contribution in [0, 0.1) is 17.1 Å². The van der Waals surface area contributed by atoms with Crippen molar-refractivity contribution in [2.75, 3.05) is 0 Å². The van der Waals surface area contributed by atoms with Gasteiger partial charge in [0.05, 0.1) is 17.2 Å². The van der Waals surface area contributed by atoms with Gasteiger partial charge in [0.1, 0.15) is 23.4 Å². The summed E-state index contributed by atoms with van der Waals surface area (Å²) in [4.78, 5) is 0. The molecule has 0 fully saturated rings. The second-order valence-electron chi connectivity index (χ2n) is 4.04. The van der Waals surface area contributed by atoms with E-state index in [2.05, 4.69) is 0 Å². The molecule has 2 aromatic carbocycles. The highest BCUT2D eigenvalue weighted by atomic mass is 19.1. The van der Waals surface area contributed by atoms with Crippen LogP contribution < -0.4 is 4.74 Å². The van der Waals surface area contributed by atoms with Gasteiger partial charge in [-0.1, -0.05) is 18.2 Å². The number of benzene rings is 2. The van der Waals surface area contributed by atoms with Gasteiger partial charge in [-0.15, -0.1) is 0 Å². The third-order valence-corrected chi connectivity index (χ3v) is 2.66. The van der Waals surface area contributed by atoms with Gasteiger partial charge in [0.15, 0.2) is 0 Å². The molecule has 0 radical (unpaired) electrons. The first kappa shape index (κ1) is 13.1. The molecule has 4 heteroatoms. The van der Waals surface area contributed by atoms with Crippen LogP contribution in [0.3, 0.4) is 0 Å². The lowest BCUT2D eigenvalue weighted by atomic mass is 10.1. The van der Waals surface area contributed by atoms with E-state index in [1.165, 1.54) is 19.1 Å². The lowest BCUT2D eigenvalue weighted by molar-refractivity contribution is 0.190. The molecule has 1 atom stereocenters. The number of aliphatic hydroxyl groups is 1. The number of halogens is 1. The summed E-state index contributed by atoms with van der Waals surface area (Å²) >= 11 is 0. The van der Waals surface area contributed by atoms with Crippen LogP contribution in [0.4, 0.5) is 4.39 Å². The molecule has 0 saturated heterocycles. The molecule has 0 aromatic heterocycles. The summed E-state index contributed by atoms with van der Waals surface area (Å²) in [6.07, 6.45) is -0.995. The molecule has 2 aromatic rings. The van der Waals surface area contributed by atoms with E-state index in [4.69, 9.17) is 10.00 Å². The van der Waals surface area contributed by atoms with E-state index in [1.54, 1.807) is 30.3 Å². The lowest BCUT2D eigenvalue weighted by Gasteiger charge is -2.14. The molecular formula is C15H12FNO2. The minimum atomic E-state index is -0.995. The Kier molecular flexibility index (Phi) is 3.79. The summed E-state index contributed by atoms with van der Waals surface area (Å²) in [5.41, 5.74) is 0.429. The molecule has 0 saturated carbocycles. The van der Waals surface area contributed by atoms with Crippen molar-refractivity contribution >= 4 is 0 Å². The second kappa shape index (κ2) is 5.51. The van der Waals surface area contributed by atoms with Gasteiger partial charge in [-0.25, -0.2) is 4.39 Å². The Morgan fingerprint density at radius 1 is 1.16 bits per heavy atom. The van der Waals surface area contributed by atoms with E-state index >= 15 is 0 Å². The van der Waals surface area contributed by atoms with Crippen LogP contribution in [-0.2, 0) is 0 Å². The van der Waals surface area contributed by atoms with Crippen LogP contribution in [0.5, 0.6) is 11.5 Å². The zero-order valence-electron chi connectivity index (χ0n) is 10.3. The van der Waals surface area contributed by atoms with E-state index in [0.29, 0.717) is 11.3 Å². The molecule has 0 aliphatic heterocycles. The molecular weight excluding hydrogens is 245 g/mol. The third kappa shape index (κ3) is 2.72. The van der Waals surface area contributed by atoms with Gasteiger partial charge in [0, 0.05) is 0 Å². The van der Waals surface area contributed by atoms with Crippen LogP contribution in [0.2, 0.25) is 0 Å². The highest BCUT2D eigenvalue weighted by Crippen LogP contribution is 2.32. The molecule has 2 rings (SSSR count). The minimum Gasteiger partial charge on any atom is -0.455 e. The summed E-state index contributed by atoms with van der Waals surface area (Å²) in [5.74, 6) is -0.00265. The van der Waals surface area contributed by atoms with Crippen LogP contribution in [0.1, 0.15) is 24.2 Å². The van der Waals surface area contributed by atoms with E-state index in [-0.39, 0.29) is 11.3 Å². The van der Waals surface area contributed by atoms with Gasteiger partial charge in [-0.3, -0.25) is 0 Å². The monoisotopic (exact) mass is 257 g/mol. The van der Waals surface area contributed by atoms with Gasteiger partial charge in [0.25, 0.3) is 0 Å². The van der Waals surface area contributed by atoms with Crippen molar-refractivity contribution < 1.29 is 14.2 Å². The third-order valence-electron chi connectivity index (χ3n) is 2.66. The molecule has 0 heterocycles. The number of para-hydroxylation sites is 1. The molecule has 1 N–H and O–H groups in total. The molecule has 0 aliphatic carbocycles. The van der Waals surface area contributed by atoms with Gasteiger partial charge < -0.3 is 9.84 Å². The quantitative estimate of drug-likeness (QED) is 0.914. The predicted octanol–water partition coefficient (Wildman–Crippen LogP) is 3.54. The van der Waals surface area contributed by atoms with Crippen molar-refractivity contribution in [2.45, 2.75) is 13.0 Å². The number of nitriles is 1. The van der Waals surface area contributed by atoms with E-state index < -0.39 is 11.9 Å². The Morgan fingerprint density at radius 3 is 2.53 bits per heavy atom. The fourth-order valence-electron chi connectivity index (χ4n) is 1.78. The Morgan fingerprint density at radius 2 is 1.84 bits per heavy atom. The normalized spacial score (nSPS) is 11.7. The zero-order chi connectivity index (χ0) is 13.8. The van der Waals surface area contributed by atoms with Crippen LogP contribution in [-0.4, -0.2) is 5.11 Å². The maximum Gasteiger partial charge on any atom is 0.145 e. The van der Waals surface area contributed by atoms with E-state index in [9.17, 15) is 9.50 Å². The second-order valence-corrected chi connectivity index (χ2v) is 4.04. The summed E-state index contributed by atoms with van der Waals surface area (Å²) < 4.78 is 19.2. The van der Waals surface area contributed by atoms with E-state index in [0.717, 1.165) is 0 Å². The topological polar surface area (TPSA) is 53.2 Å². The van der Waals surface area contributed by atoms with Gasteiger partial charge in [0.2, 0.25) is 0 Å². The van der Waals surface area contributed by atoms with E-state index in [1.807, 2.05) is 6.07 Å². The summed E-state index contributed by atoms with van der Waals surface area (Å²) in [6.45, 7) is 1.46. The summed E-state index contributed by atoms with van der Waals surface area (Å²) in [7, 11) is 0. The Balaban J connectivity index is 2.45. The zero-order valence-corrected chi connectivity index (χ0v) is 10.3. The van der Waals surface area contributed by atoms with Crippen molar-refractivity contribution in [3.05, 3.63) is 59.4 Å². The summed E-state index contributed by atoms with van der Waals surface area (Å²) in [5, 5.41) is 18.6. The fraction of sp³-hybridized carbons (Fsp3) is 0.133.